The second-order valence-corrected chi connectivity index (χ2v) is 10.8. The van der Waals surface area contributed by atoms with Gasteiger partial charge in [0, 0.05) is 5.25 Å². The van der Waals surface area contributed by atoms with Crippen molar-refractivity contribution in [3.8, 4) is 0 Å². The summed E-state index contributed by atoms with van der Waals surface area (Å²) in [4.78, 5) is 12.5. The predicted octanol–water partition coefficient (Wildman–Crippen LogP) is 3.79. The minimum absolute atomic E-state index is 0.0228. The predicted molar refractivity (Wildman–Crippen MR) is 116 cm³/mol. The second kappa shape index (κ2) is 10.1. The molecule has 1 aliphatic rings. The standard InChI is InChI=1S/C22H27NO3S2/c24-22(16-27-20-14-15-28(25,26)17-20)23-21(19-11-5-2-6-12-19)13-7-10-18-8-3-1-4-9-18/h1-6,8-9,11-12,20-21H,7,10,13-17H2,(H,23,24). The summed E-state index contributed by atoms with van der Waals surface area (Å²) < 4.78 is 23.1. The molecule has 1 fully saturated rings. The van der Waals surface area contributed by atoms with E-state index in [1.165, 1.54) is 17.3 Å². The van der Waals surface area contributed by atoms with E-state index in [1.807, 2.05) is 48.5 Å². The number of thioether (sulfide) groups is 1. The molecule has 0 aromatic heterocycles. The Kier molecular flexibility index (Phi) is 7.57. The van der Waals surface area contributed by atoms with Crippen molar-refractivity contribution in [1.29, 1.82) is 0 Å². The Bertz CT molecular complexity index is 854. The first-order valence-corrected chi connectivity index (χ1v) is 12.6. The van der Waals surface area contributed by atoms with Gasteiger partial charge in [-0.3, -0.25) is 4.79 Å². The lowest BCUT2D eigenvalue weighted by Crippen LogP contribution is -2.30. The van der Waals surface area contributed by atoms with E-state index in [0.29, 0.717) is 12.2 Å². The molecule has 1 aliphatic heterocycles. The van der Waals surface area contributed by atoms with Gasteiger partial charge in [0.05, 0.1) is 23.3 Å². The summed E-state index contributed by atoms with van der Waals surface area (Å²) in [7, 11) is -2.90. The fourth-order valence-corrected chi connectivity index (χ4v) is 6.94. The third-order valence-corrected chi connectivity index (χ3v) is 8.26. The quantitative estimate of drug-likeness (QED) is 0.674. The molecule has 2 aromatic carbocycles. The van der Waals surface area contributed by atoms with Gasteiger partial charge in [0.15, 0.2) is 9.84 Å². The van der Waals surface area contributed by atoms with Crippen LogP contribution in [-0.2, 0) is 21.1 Å². The van der Waals surface area contributed by atoms with Crippen molar-refractivity contribution in [1.82, 2.24) is 5.32 Å². The Balaban J connectivity index is 1.52. The molecule has 3 rings (SSSR count). The van der Waals surface area contributed by atoms with Crippen molar-refractivity contribution in [3.05, 3.63) is 71.8 Å². The summed E-state index contributed by atoms with van der Waals surface area (Å²) >= 11 is 1.46. The van der Waals surface area contributed by atoms with Gasteiger partial charge < -0.3 is 5.32 Å². The van der Waals surface area contributed by atoms with Gasteiger partial charge in [-0.2, -0.15) is 0 Å². The van der Waals surface area contributed by atoms with Crippen molar-refractivity contribution >= 4 is 27.5 Å². The maximum Gasteiger partial charge on any atom is 0.230 e. The van der Waals surface area contributed by atoms with E-state index in [-0.39, 0.29) is 28.7 Å². The molecule has 1 saturated heterocycles. The number of rotatable bonds is 9. The summed E-state index contributed by atoms with van der Waals surface area (Å²) in [6.45, 7) is 0. The lowest BCUT2D eigenvalue weighted by molar-refractivity contribution is -0.119. The largest absolute Gasteiger partial charge is 0.349 e. The molecule has 2 atom stereocenters. The highest BCUT2D eigenvalue weighted by atomic mass is 32.2. The number of amides is 1. The monoisotopic (exact) mass is 417 g/mol. The van der Waals surface area contributed by atoms with Crippen LogP contribution < -0.4 is 5.32 Å². The van der Waals surface area contributed by atoms with Crippen molar-refractivity contribution < 1.29 is 13.2 Å². The molecular weight excluding hydrogens is 390 g/mol. The highest BCUT2D eigenvalue weighted by Crippen LogP contribution is 2.25. The topological polar surface area (TPSA) is 63.2 Å². The highest BCUT2D eigenvalue weighted by Gasteiger charge is 2.28. The number of carbonyl (C=O) groups excluding carboxylic acids is 1. The van der Waals surface area contributed by atoms with Gasteiger partial charge in [-0.15, -0.1) is 11.8 Å². The van der Waals surface area contributed by atoms with E-state index in [2.05, 4.69) is 17.4 Å². The van der Waals surface area contributed by atoms with Crippen molar-refractivity contribution in [2.24, 2.45) is 0 Å². The Morgan fingerprint density at radius 2 is 1.75 bits per heavy atom. The van der Waals surface area contributed by atoms with Crippen LogP contribution in [-0.4, -0.2) is 36.8 Å². The van der Waals surface area contributed by atoms with Crippen molar-refractivity contribution in [3.63, 3.8) is 0 Å². The van der Waals surface area contributed by atoms with E-state index in [0.717, 1.165) is 24.8 Å². The minimum Gasteiger partial charge on any atom is -0.349 e. The van der Waals surface area contributed by atoms with Crippen LogP contribution in [0.5, 0.6) is 0 Å². The molecule has 150 valence electrons. The number of benzene rings is 2. The zero-order chi connectivity index (χ0) is 19.8. The lowest BCUT2D eigenvalue weighted by atomic mass is 9.99. The summed E-state index contributed by atoms with van der Waals surface area (Å²) in [5.41, 5.74) is 2.41. The molecule has 1 amide bonds. The van der Waals surface area contributed by atoms with Crippen molar-refractivity contribution in [2.45, 2.75) is 37.0 Å². The number of carbonyl (C=O) groups is 1. The molecule has 2 unspecified atom stereocenters. The summed E-state index contributed by atoms with van der Waals surface area (Å²) in [5, 5.41) is 3.20. The van der Waals surface area contributed by atoms with E-state index in [9.17, 15) is 13.2 Å². The van der Waals surface area contributed by atoms with Crippen LogP contribution in [0.3, 0.4) is 0 Å². The Morgan fingerprint density at radius 3 is 2.39 bits per heavy atom. The summed E-state index contributed by atoms with van der Waals surface area (Å²) in [5.74, 6) is 0.730. The first-order chi connectivity index (χ1) is 13.5. The first-order valence-electron chi connectivity index (χ1n) is 9.72. The molecule has 4 nitrogen and oxygen atoms in total. The average molecular weight is 418 g/mol. The molecule has 0 radical (unpaired) electrons. The molecule has 0 aliphatic carbocycles. The molecule has 2 aromatic rings. The number of sulfone groups is 1. The van der Waals surface area contributed by atoms with E-state index < -0.39 is 9.84 Å². The average Bonchev–Trinajstić information content (AvgIpc) is 3.06. The lowest BCUT2D eigenvalue weighted by Gasteiger charge is -2.20. The van der Waals surface area contributed by atoms with Gasteiger partial charge in [-0.25, -0.2) is 8.42 Å². The highest BCUT2D eigenvalue weighted by molar-refractivity contribution is 8.02. The number of aryl methyl sites for hydroxylation is 1. The smallest absolute Gasteiger partial charge is 0.230 e. The molecule has 0 spiro atoms. The van der Waals surface area contributed by atoms with Crippen LogP contribution in [0.4, 0.5) is 0 Å². The van der Waals surface area contributed by atoms with E-state index >= 15 is 0 Å². The fraction of sp³-hybridized carbons (Fsp3) is 0.409. The van der Waals surface area contributed by atoms with Crippen molar-refractivity contribution in [2.75, 3.05) is 17.3 Å². The van der Waals surface area contributed by atoms with Crippen LogP contribution in [0, 0.1) is 0 Å². The van der Waals surface area contributed by atoms with Gasteiger partial charge in [-0.05, 0) is 36.8 Å². The van der Waals surface area contributed by atoms with Gasteiger partial charge in [0.25, 0.3) is 0 Å². The molecule has 0 saturated carbocycles. The Morgan fingerprint density at radius 1 is 1.07 bits per heavy atom. The SMILES string of the molecule is O=C(CSC1CCS(=O)(=O)C1)NC(CCCc1ccccc1)c1ccccc1. The van der Waals surface area contributed by atoms with Gasteiger partial charge >= 0.3 is 0 Å². The number of hydrogen-bond donors (Lipinski definition) is 1. The van der Waals surface area contributed by atoms with Crippen LogP contribution in [0.25, 0.3) is 0 Å². The zero-order valence-corrected chi connectivity index (χ0v) is 17.6. The van der Waals surface area contributed by atoms with E-state index in [4.69, 9.17) is 0 Å². The van der Waals surface area contributed by atoms with Crippen LogP contribution in [0.1, 0.15) is 36.4 Å². The van der Waals surface area contributed by atoms with Crippen LogP contribution in [0.2, 0.25) is 0 Å². The maximum atomic E-state index is 12.5. The molecule has 1 N–H and O–H groups in total. The number of nitrogens with one attached hydrogen (secondary N) is 1. The van der Waals surface area contributed by atoms with Crippen LogP contribution in [0.15, 0.2) is 60.7 Å². The second-order valence-electron chi connectivity index (χ2n) is 7.24. The number of hydrogen-bond acceptors (Lipinski definition) is 4. The van der Waals surface area contributed by atoms with Gasteiger partial charge in [0.2, 0.25) is 5.91 Å². The summed E-state index contributed by atoms with van der Waals surface area (Å²) in [6, 6.07) is 20.4. The maximum absolute atomic E-state index is 12.5. The molecule has 0 bridgehead atoms. The van der Waals surface area contributed by atoms with Crippen LogP contribution >= 0.6 is 11.8 Å². The van der Waals surface area contributed by atoms with Gasteiger partial charge in [0.1, 0.15) is 0 Å². The first kappa shape index (κ1) is 20.9. The molecule has 6 heteroatoms. The molecular formula is C22H27NO3S2. The summed E-state index contributed by atoms with van der Waals surface area (Å²) in [6.07, 6.45) is 3.49. The molecule has 1 heterocycles. The normalized spacial score (nSPS) is 19.2. The Hall–Kier alpha value is -1.79. The Labute approximate surface area is 172 Å². The third kappa shape index (κ3) is 6.67. The molecule has 28 heavy (non-hydrogen) atoms. The fourth-order valence-electron chi connectivity index (χ4n) is 3.48. The minimum atomic E-state index is -2.90. The van der Waals surface area contributed by atoms with E-state index in [1.54, 1.807) is 0 Å². The zero-order valence-electron chi connectivity index (χ0n) is 15.9. The third-order valence-electron chi connectivity index (χ3n) is 4.98. The van der Waals surface area contributed by atoms with Gasteiger partial charge in [-0.1, -0.05) is 60.7 Å².